The highest BCUT2D eigenvalue weighted by molar-refractivity contribution is 5.79. The van der Waals surface area contributed by atoms with Gasteiger partial charge in [-0.25, -0.2) is 0 Å². The van der Waals surface area contributed by atoms with Crippen LogP contribution in [0.4, 0.5) is 0 Å². The second-order valence-electron chi connectivity index (χ2n) is 5.56. The third kappa shape index (κ3) is 2.67. The Morgan fingerprint density at radius 2 is 2.10 bits per heavy atom. The maximum Gasteiger partial charge on any atom is 0.0916 e. The van der Waals surface area contributed by atoms with Gasteiger partial charge in [0.25, 0.3) is 0 Å². The first-order chi connectivity index (χ1) is 10.3. The molecule has 0 radical (unpaired) electrons. The summed E-state index contributed by atoms with van der Waals surface area (Å²) in [5.74, 6) is 0. The summed E-state index contributed by atoms with van der Waals surface area (Å²) in [7, 11) is 3.80. The second-order valence-corrected chi connectivity index (χ2v) is 5.56. The van der Waals surface area contributed by atoms with Crippen LogP contribution >= 0.6 is 0 Å². The van der Waals surface area contributed by atoms with Crippen molar-refractivity contribution < 1.29 is 9.47 Å². The molecule has 4 nitrogen and oxygen atoms in total. The van der Waals surface area contributed by atoms with Gasteiger partial charge in [-0.1, -0.05) is 12.1 Å². The van der Waals surface area contributed by atoms with Crippen molar-refractivity contribution in [3.05, 3.63) is 42.1 Å². The molecule has 0 amide bonds. The zero-order valence-corrected chi connectivity index (χ0v) is 12.6. The molecule has 1 saturated heterocycles. The number of methoxy groups -OCH3 is 1. The zero-order chi connectivity index (χ0) is 14.7. The number of fused-ring (bicyclic) bond motifs is 1. The fourth-order valence-corrected chi connectivity index (χ4v) is 3.33. The maximum atomic E-state index is 5.94. The minimum absolute atomic E-state index is 0.149. The largest absolute Gasteiger partial charge is 0.381 e. The van der Waals surface area contributed by atoms with E-state index in [1.807, 2.05) is 19.3 Å². The van der Waals surface area contributed by atoms with Gasteiger partial charge in [-0.2, -0.15) is 0 Å². The van der Waals surface area contributed by atoms with Crippen LogP contribution in [0.25, 0.3) is 10.9 Å². The number of aromatic nitrogens is 1. The molecular weight excluding hydrogens is 264 g/mol. The van der Waals surface area contributed by atoms with E-state index >= 15 is 0 Å². The highest BCUT2D eigenvalue weighted by Gasteiger charge is 2.40. The average Bonchev–Trinajstić information content (AvgIpc) is 2.56. The van der Waals surface area contributed by atoms with Crippen molar-refractivity contribution in [2.75, 3.05) is 27.4 Å². The summed E-state index contributed by atoms with van der Waals surface area (Å²) in [4.78, 5) is 4.39. The summed E-state index contributed by atoms with van der Waals surface area (Å²) < 4.78 is 11.4. The molecule has 1 aromatic heterocycles. The molecule has 4 heteroatoms. The summed E-state index contributed by atoms with van der Waals surface area (Å²) in [6, 6.07) is 10.7. The molecule has 2 heterocycles. The van der Waals surface area contributed by atoms with Gasteiger partial charge >= 0.3 is 0 Å². The van der Waals surface area contributed by atoms with Gasteiger partial charge in [0, 0.05) is 44.7 Å². The van der Waals surface area contributed by atoms with Gasteiger partial charge in [0.05, 0.1) is 17.2 Å². The minimum Gasteiger partial charge on any atom is -0.381 e. The summed E-state index contributed by atoms with van der Waals surface area (Å²) in [5.41, 5.74) is 2.05. The quantitative estimate of drug-likeness (QED) is 0.938. The molecule has 21 heavy (non-hydrogen) atoms. The highest BCUT2D eigenvalue weighted by Crippen LogP contribution is 2.37. The van der Waals surface area contributed by atoms with Gasteiger partial charge in [0.15, 0.2) is 0 Å². The number of ether oxygens (including phenoxy) is 2. The first kappa shape index (κ1) is 14.4. The Labute approximate surface area is 125 Å². The van der Waals surface area contributed by atoms with E-state index in [9.17, 15) is 0 Å². The van der Waals surface area contributed by atoms with E-state index in [2.05, 4.69) is 34.6 Å². The molecular formula is C17H22N2O2. The molecule has 1 aliphatic heterocycles. The van der Waals surface area contributed by atoms with Crippen LogP contribution in [-0.2, 0) is 9.47 Å². The van der Waals surface area contributed by atoms with Gasteiger partial charge in [0.2, 0.25) is 0 Å². The Morgan fingerprint density at radius 1 is 1.29 bits per heavy atom. The van der Waals surface area contributed by atoms with E-state index in [4.69, 9.17) is 9.47 Å². The topological polar surface area (TPSA) is 43.4 Å². The number of benzene rings is 1. The molecule has 1 atom stereocenters. The number of hydrogen-bond acceptors (Lipinski definition) is 4. The van der Waals surface area contributed by atoms with Crippen molar-refractivity contribution in [3.8, 4) is 0 Å². The molecule has 1 aliphatic rings. The van der Waals surface area contributed by atoms with Crippen molar-refractivity contribution in [1.29, 1.82) is 0 Å². The Balaban J connectivity index is 2.00. The molecule has 2 aromatic rings. The first-order valence-electron chi connectivity index (χ1n) is 7.44. The SMILES string of the molecule is CNC(c1ccc2ncccc2c1)C1(OC)CCOCC1. The van der Waals surface area contributed by atoms with Crippen LogP contribution in [0, 0.1) is 0 Å². The summed E-state index contributed by atoms with van der Waals surface area (Å²) in [5, 5.41) is 4.60. The number of hydrogen-bond donors (Lipinski definition) is 1. The molecule has 1 aromatic carbocycles. The lowest BCUT2D eigenvalue weighted by Gasteiger charge is -2.42. The fourth-order valence-electron chi connectivity index (χ4n) is 3.33. The van der Waals surface area contributed by atoms with Crippen LogP contribution in [0.1, 0.15) is 24.4 Å². The van der Waals surface area contributed by atoms with Crippen molar-refractivity contribution in [2.24, 2.45) is 0 Å². The standard InChI is InChI=1S/C17H22N2O2/c1-18-16(17(20-2)7-10-21-11-8-17)14-5-6-15-13(12-14)4-3-9-19-15/h3-6,9,12,16,18H,7-8,10-11H2,1-2H3. The molecule has 0 aliphatic carbocycles. The van der Waals surface area contributed by atoms with Crippen molar-refractivity contribution in [3.63, 3.8) is 0 Å². The Hall–Kier alpha value is -1.49. The first-order valence-corrected chi connectivity index (χ1v) is 7.44. The molecule has 0 bridgehead atoms. The van der Waals surface area contributed by atoms with E-state index in [0.717, 1.165) is 37.0 Å². The van der Waals surface area contributed by atoms with Gasteiger partial charge in [0.1, 0.15) is 0 Å². The molecule has 1 unspecified atom stereocenters. The number of likely N-dealkylation sites (N-methyl/N-ethyl adjacent to an activating group) is 1. The molecule has 1 fully saturated rings. The normalized spacial score (nSPS) is 19.5. The zero-order valence-electron chi connectivity index (χ0n) is 12.6. The van der Waals surface area contributed by atoms with E-state index in [-0.39, 0.29) is 11.6 Å². The smallest absolute Gasteiger partial charge is 0.0916 e. The lowest BCUT2D eigenvalue weighted by Crippen LogP contribution is -2.48. The third-order valence-corrected chi connectivity index (χ3v) is 4.52. The van der Waals surface area contributed by atoms with Crippen molar-refractivity contribution >= 4 is 10.9 Å². The van der Waals surface area contributed by atoms with Crippen LogP contribution in [0.15, 0.2) is 36.5 Å². The minimum atomic E-state index is -0.205. The maximum absolute atomic E-state index is 5.94. The fraction of sp³-hybridized carbons (Fsp3) is 0.471. The molecule has 1 N–H and O–H groups in total. The summed E-state index contributed by atoms with van der Waals surface area (Å²) in [6.45, 7) is 1.50. The van der Waals surface area contributed by atoms with E-state index in [1.165, 1.54) is 5.56 Å². The monoisotopic (exact) mass is 286 g/mol. The van der Waals surface area contributed by atoms with Crippen LogP contribution in [-0.4, -0.2) is 38.0 Å². The van der Waals surface area contributed by atoms with Crippen molar-refractivity contribution in [1.82, 2.24) is 10.3 Å². The van der Waals surface area contributed by atoms with E-state index in [1.54, 1.807) is 7.11 Å². The lowest BCUT2D eigenvalue weighted by molar-refractivity contribution is -0.110. The van der Waals surface area contributed by atoms with Crippen LogP contribution < -0.4 is 5.32 Å². The number of pyridine rings is 1. The number of nitrogens with zero attached hydrogens (tertiary/aromatic N) is 1. The predicted octanol–water partition coefficient (Wildman–Crippen LogP) is 2.69. The lowest BCUT2D eigenvalue weighted by atomic mass is 9.82. The molecule has 3 rings (SSSR count). The van der Waals surface area contributed by atoms with Crippen LogP contribution in [0.2, 0.25) is 0 Å². The van der Waals surface area contributed by atoms with Crippen molar-refractivity contribution in [2.45, 2.75) is 24.5 Å². The number of rotatable bonds is 4. The van der Waals surface area contributed by atoms with E-state index < -0.39 is 0 Å². The average molecular weight is 286 g/mol. The highest BCUT2D eigenvalue weighted by atomic mass is 16.5. The predicted molar refractivity (Wildman–Crippen MR) is 83.3 cm³/mol. The molecule has 112 valence electrons. The Morgan fingerprint density at radius 3 is 2.81 bits per heavy atom. The Bertz CT molecular complexity index is 609. The van der Waals surface area contributed by atoms with E-state index in [0.29, 0.717) is 0 Å². The second kappa shape index (κ2) is 6.10. The van der Waals surface area contributed by atoms with Gasteiger partial charge in [-0.3, -0.25) is 4.98 Å². The summed E-state index contributed by atoms with van der Waals surface area (Å²) >= 11 is 0. The molecule has 0 saturated carbocycles. The molecule has 0 spiro atoms. The van der Waals surface area contributed by atoms with Crippen LogP contribution in [0.5, 0.6) is 0 Å². The van der Waals surface area contributed by atoms with Gasteiger partial charge in [-0.15, -0.1) is 0 Å². The summed E-state index contributed by atoms with van der Waals surface area (Å²) in [6.07, 6.45) is 3.63. The number of nitrogens with one attached hydrogen (secondary N) is 1. The van der Waals surface area contributed by atoms with Gasteiger partial charge < -0.3 is 14.8 Å². The third-order valence-electron chi connectivity index (χ3n) is 4.52. The van der Waals surface area contributed by atoms with Gasteiger partial charge in [-0.05, 0) is 30.8 Å². The van der Waals surface area contributed by atoms with Crippen LogP contribution in [0.3, 0.4) is 0 Å². The Kier molecular flexibility index (Phi) is 4.19.